The van der Waals surface area contributed by atoms with Crippen molar-refractivity contribution < 1.29 is 9.90 Å². The third-order valence-electron chi connectivity index (χ3n) is 3.63. The molecule has 1 saturated heterocycles. The predicted molar refractivity (Wildman–Crippen MR) is 53.7 cm³/mol. The number of carbonyl (C=O) groups is 1. The van der Waals surface area contributed by atoms with Gasteiger partial charge in [0.2, 0.25) is 5.91 Å². The maximum absolute atomic E-state index is 11.7. The Balaban J connectivity index is 2.02. The SMILES string of the molecule is O=C1NCCCCC1C1CCCC1O. The number of amides is 1. The van der Waals surface area contributed by atoms with Crippen molar-refractivity contribution in [3.8, 4) is 0 Å². The summed E-state index contributed by atoms with van der Waals surface area (Å²) in [5.41, 5.74) is 0. The molecule has 3 nitrogen and oxygen atoms in total. The van der Waals surface area contributed by atoms with Gasteiger partial charge in [0.25, 0.3) is 0 Å². The number of hydrogen-bond donors (Lipinski definition) is 2. The summed E-state index contributed by atoms with van der Waals surface area (Å²) in [5.74, 6) is 0.483. The van der Waals surface area contributed by atoms with Crippen LogP contribution in [0, 0.1) is 11.8 Å². The van der Waals surface area contributed by atoms with E-state index >= 15 is 0 Å². The second kappa shape index (κ2) is 4.30. The van der Waals surface area contributed by atoms with Crippen LogP contribution in [-0.2, 0) is 4.79 Å². The van der Waals surface area contributed by atoms with E-state index in [1.807, 2.05) is 0 Å². The topological polar surface area (TPSA) is 49.3 Å². The molecule has 1 saturated carbocycles. The molecule has 3 heteroatoms. The van der Waals surface area contributed by atoms with E-state index in [2.05, 4.69) is 5.32 Å². The molecule has 0 aromatic carbocycles. The summed E-state index contributed by atoms with van der Waals surface area (Å²) in [6.07, 6.45) is 5.93. The Hall–Kier alpha value is -0.570. The van der Waals surface area contributed by atoms with Gasteiger partial charge in [0.15, 0.2) is 0 Å². The zero-order chi connectivity index (χ0) is 9.97. The zero-order valence-corrected chi connectivity index (χ0v) is 8.54. The number of rotatable bonds is 1. The number of aliphatic hydroxyl groups excluding tert-OH is 1. The minimum Gasteiger partial charge on any atom is -0.393 e. The minimum absolute atomic E-state index is 0.0787. The van der Waals surface area contributed by atoms with E-state index in [-0.39, 0.29) is 23.8 Å². The van der Waals surface area contributed by atoms with Crippen LogP contribution >= 0.6 is 0 Å². The molecule has 1 amide bonds. The molecule has 0 spiro atoms. The van der Waals surface area contributed by atoms with E-state index in [1.54, 1.807) is 0 Å². The highest BCUT2D eigenvalue weighted by molar-refractivity contribution is 5.79. The van der Waals surface area contributed by atoms with Gasteiger partial charge in [-0.25, -0.2) is 0 Å². The Morgan fingerprint density at radius 3 is 2.71 bits per heavy atom. The van der Waals surface area contributed by atoms with E-state index < -0.39 is 0 Å². The van der Waals surface area contributed by atoms with Crippen LogP contribution in [0.25, 0.3) is 0 Å². The molecule has 0 aromatic rings. The molecular formula is C11H19NO2. The zero-order valence-electron chi connectivity index (χ0n) is 8.54. The van der Waals surface area contributed by atoms with Gasteiger partial charge in [0.1, 0.15) is 0 Å². The summed E-state index contributed by atoms with van der Waals surface area (Å²) in [6, 6.07) is 0. The number of aliphatic hydroxyl groups is 1. The van der Waals surface area contributed by atoms with Gasteiger partial charge in [-0.3, -0.25) is 4.79 Å². The molecule has 2 rings (SSSR count). The quantitative estimate of drug-likeness (QED) is 0.660. The molecule has 0 radical (unpaired) electrons. The maximum Gasteiger partial charge on any atom is 0.223 e. The minimum atomic E-state index is -0.233. The largest absolute Gasteiger partial charge is 0.393 e. The summed E-state index contributed by atoms with van der Waals surface area (Å²) in [7, 11) is 0. The lowest BCUT2D eigenvalue weighted by Crippen LogP contribution is -2.36. The molecule has 80 valence electrons. The van der Waals surface area contributed by atoms with E-state index in [1.165, 1.54) is 0 Å². The summed E-state index contributed by atoms with van der Waals surface area (Å²) in [4.78, 5) is 11.7. The average molecular weight is 197 g/mol. The lowest BCUT2D eigenvalue weighted by molar-refractivity contribution is -0.127. The van der Waals surface area contributed by atoms with E-state index in [9.17, 15) is 9.90 Å². The van der Waals surface area contributed by atoms with Crippen molar-refractivity contribution >= 4 is 5.91 Å². The van der Waals surface area contributed by atoms with Crippen molar-refractivity contribution in [1.29, 1.82) is 0 Å². The van der Waals surface area contributed by atoms with Crippen LogP contribution in [0.3, 0.4) is 0 Å². The fourth-order valence-electron chi connectivity index (χ4n) is 2.81. The molecule has 2 fully saturated rings. The normalized spacial score (nSPS) is 39.2. The van der Waals surface area contributed by atoms with E-state index in [4.69, 9.17) is 0 Å². The van der Waals surface area contributed by atoms with Crippen molar-refractivity contribution in [3.63, 3.8) is 0 Å². The van der Waals surface area contributed by atoms with Crippen molar-refractivity contribution in [3.05, 3.63) is 0 Å². The molecule has 3 unspecified atom stereocenters. The smallest absolute Gasteiger partial charge is 0.223 e. The highest BCUT2D eigenvalue weighted by Gasteiger charge is 2.36. The van der Waals surface area contributed by atoms with Gasteiger partial charge < -0.3 is 10.4 Å². The van der Waals surface area contributed by atoms with Gasteiger partial charge >= 0.3 is 0 Å². The number of hydrogen-bond acceptors (Lipinski definition) is 2. The first-order valence-corrected chi connectivity index (χ1v) is 5.75. The van der Waals surface area contributed by atoms with Gasteiger partial charge in [-0.05, 0) is 31.6 Å². The van der Waals surface area contributed by atoms with Crippen molar-refractivity contribution in [2.24, 2.45) is 11.8 Å². The third-order valence-corrected chi connectivity index (χ3v) is 3.63. The summed E-state index contributed by atoms with van der Waals surface area (Å²) < 4.78 is 0. The predicted octanol–water partition coefficient (Wildman–Crippen LogP) is 1.06. The first-order chi connectivity index (χ1) is 6.79. The Morgan fingerprint density at radius 1 is 1.14 bits per heavy atom. The fraction of sp³-hybridized carbons (Fsp3) is 0.909. The van der Waals surface area contributed by atoms with Crippen molar-refractivity contribution in [1.82, 2.24) is 5.32 Å². The molecule has 1 heterocycles. The molecule has 1 aliphatic carbocycles. The highest BCUT2D eigenvalue weighted by atomic mass is 16.3. The average Bonchev–Trinajstić information content (AvgIpc) is 2.46. The van der Waals surface area contributed by atoms with Gasteiger partial charge in [0, 0.05) is 12.5 Å². The van der Waals surface area contributed by atoms with Crippen LogP contribution in [0.4, 0.5) is 0 Å². The lowest BCUT2D eigenvalue weighted by atomic mass is 9.85. The van der Waals surface area contributed by atoms with Gasteiger partial charge in [-0.15, -0.1) is 0 Å². The van der Waals surface area contributed by atoms with Gasteiger partial charge in [-0.1, -0.05) is 12.8 Å². The van der Waals surface area contributed by atoms with E-state index in [0.717, 1.165) is 45.1 Å². The van der Waals surface area contributed by atoms with Gasteiger partial charge in [-0.2, -0.15) is 0 Å². The summed E-state index contributed by atoms with van der Waals surface area (Å²) in [5, 5.41) is 12.7. The summed E-state index contributed by atoms with van der Waals surface area (Å²) in [6.45, 7) is 0.818. The van der Waals surface area contributed by atoms with Crippen molar-refractivity contribution in [2.75, 3.05) is 6.54 Å². The molecule has 2 aliphatic rings. The Morgan fingerprint density at radius 2 is 2.00 bits per heavy atom. The Bertz CT molecular complexity index is 217. The highest BCUT2D eigenvalue weighted by Crippen LogP contribution is 2.35. The van der Waals surface area contributed by atoms with Crippen LogP contribution in [0.2, 0.25) is 0 Å². The Kier molecular flexibility index (Phi) is 3.06. The lowest BCUT2D eigenvalue weighted by Gasteiger charge is -2.23. The fourth-order valence-corrected chi connectivity index (χ4v) is 2.81. The molecule has 3 atom stereocenters. The van der Waals surface area contributed by atoms with Crippen LogP contribution < -0.4 is 5.32 Å². The van der Waals surface area contributed by atoms with Crippen LogP contribution in [0.1, 0.15) is 38.5 Å². The van der Waals surface area contributed by atoms with E-state index in [0.29, 0.717) is 0 Å². The molecule has 0 aromatic heterocycles. The molecule has 1 aliphatic heterocycles. The Labute approximate surface area is 84.9 Å². The van der Waals surface area contributed by atoms with Gasteiger partial charge in [0.05, 0.1) is 6.10 Å². The monoisotopic (exact) mass is 197 g/mol. The maximum atomic E-state index is 11.7. The second-order valence-corrected chi connectivity index (χ2v) is 4.56. The number of nitrogens with one attached hydrogen (secondary N) is 1. The molecular weight excluding hydrogens is 178 g/mol. The molecule has 2 N–H and O–H groups in total. The molecule has 0 bridgehead atoms. The second-order valence-electron chi connectivity index (χ2n) is 4.56. The third kappa shape index (κ3) is 1.92. The number of carbonyl (C=O) groups excluding carboxylic acids is 1. The van der Waals surface area contributed by atoms with Crippen LogP contribution in [-0.4, -0.2) is 23.7 Å². The summed E-state index contributed by atoms with van der Waals surface area (Å²) >= 11 is 0. The van der Waals surface area contributed by atoms with Crippen molar-refractivity contribution in [2.45, 2.75) is 44.6 Å². The standard InChI is InChI=1S/C11H19NO2/c13-10-6-3-5-8(10)9-4-1-2-7-12-11(9)14/h8-10,13H,1-7H2,(H,12,14). The first-order valence-electron chi connectivity index (χ1n) is 5.75. The van der Waals surface area contributed by atoms with Crippen LogP contribution in [0.15, 0.2) is 0 Å². The molecule has 14 heavy (non-hydrogen) atoms. The first kappa shape index (κ1) is 9.97. The van der Waals surface area contributed by atoms with Crippen LogP contribution in [0.5, 0.6) is 0 Å².